The predicted octanol–water partition coefficient (Wildman–Crippen LogP) is 4.80. The topological polar surface area (TPSA) is 62.3 Å². The SMILES string of the molecule is O=C(Cc1ccc(N(Cc2cccc(F)c2)C(=O)C2CCCC2)cc1)NCc1cccnc1. The summed E-state index contributed by atoms with van der Waals surface area (Å²) in [5.74, 6) is -0.297. The first-order valence-electron chi connectivity index (χ1n) is 11.4. The molecule has 4 rings (SSSR count). The van der Waals surface area contributed by atoms with Crippen molar-refractivity contribution < 1.29 is 14.0 Å². The second kappa shape index (κ2) is 10.9. The number of carbonyl (C=O) groups excluding carboxylic acids is 2. The number of nitrogens with one attached hydrogen (secondary N) is 1. The van der Waals surface area contributed by atoms with Crippen LogP contribution in [0.15, 0.2) is 73.1 Å². The number of hydrogen-bond donors (Lipinski definition) is 1. The number of anilines is 1. The fourth-order valence-corrected chi connectivity index (χ4v) is 4.25. The third-order valence-electron chi connectivity index (χ3n) is 6.03. The highest BCUT2D eigenvalue weighted by atomic mass is 19.1. The van der Waals surface area contributed by atoms with E-state index in [0.29, 0.717) is 13.1 Å². The number of aromatic nitrogens is 1. The minimum atomic E-state index is -0.312. The fraction of sp³-hybridized carbons (Fsp3) is 0.296. The van der Waals surface area contributed by atoms with Gasteiger partial charge < -0.3 is 10.2 Å². The Morgan fingerprint density at radius 2 is 1.73 bits per heavy atom. The normalized spacial score (nSPS) is 13.6. The van der Waals surface area contributed by atoms with Gasteiger partial charge in [-0.25, -0.2) is 4.39 Å². The molecule has 0 unspecified atom stereocenters. The van der Waals surface area contributed by atoms with E-state index in [1.807, 2.05) is 42.5 Å². The van der Waals surface area contributed by atoms with Crippen LogP contribution in [0.3, 0.4) is 0 Å². The van der Waals surface area contributed by atoms with Gasteiger partial charge in [-0.3, -0.25) is 14.6 Å². The first-order valence-corrected chi connectivity index (χ1v) is 11.4. The number of amides is 2. The highest BCUT2D eigenvalue weighted by Gasteiger charge is 2.28. The average Bonchev–Trinajstić information content (AvgIpc) is 3.37. The lowest BCUT2D eigenvalue weighted by Crippen LogP contribution is -2.35. The Morgan fingerprint density at radius 3 is 2.42 bits per heavy atom. The lowest BCUT2D eigenvalue weighted by molar-refractivity contribution is -0.122. The summed E-state index contributed by atoms with van der Waals surface area (Å²) >= 11 is 0. The molecule has 0 spiro atoms. The summed E-state index contributed by atoms with van der Waals surface area (Å²) < 4.78 is 13.7. The zero-order chi connectivity index (χ0) is 23.0. The van der Waals surface area contributed by atoms with Crippen molar-refractivity contribution in [2.75, 3.05) is 4.90 Å². The molecule has 1 heterocycles. The number of pyridine rings is 1. The van der Waals surface area contributed by atoms with Crippen LogP contribution >= 0.6 is 0 Å². The Balaban J connectivity index is 1.44. The Bertz CT molecular complexity index is 1080. The summed E-state index contributed by atoms with van der Waals surface area (Å²) in [4.78, 5) is 31.4. The molecule has 1 fully saturated rings. The summed E-state index contributed by atoms with van der Waals surface area (Å²) in [6, 6.07) is 17.6. The molecule has 0 radical (unpaired) electrons. The Kier molecular flexibility index (Phi) is 7.45. The van der Waals surface area contributed by atoms with Crippen molar-refractivity contribution in [1.29, 1.82) is 0 Å². The van der Waals surface area contributed by atoms with E-state index in [0.717, 1.165) is 48.1 Å². The number of nitrogens with zero attached hydrogens (tertiary/aromatic N) is 2. The molecule has 170 valence electrons. The molecule has 0 saturated heterocycles. The maximum absolute atomic E-state index is 13.7. The number of rotatable bonds is 8. The van der Waals surface area contributed by atoms with Crippen molar-refractivity contribution in [3.63, 3.8) is 0 Å². The van der Waals surface area contributed by atoms with E-state index >= 15 is 0 Å². The highest BCUT2D eigenvalue weighted by molar-refractivity contribution is 5.95. The molecule has 1 aromatic heterocycles. The maximum Gasteiger partial charge on any atom is 0.230 e. The van der Waals surface area contributed by atoms with Gasteiger partial charge in [-0.1, -0.05) is 43.2 Å². The van der Waals surface area contributed by atoms with Crippen molar-refractivity contribution in [2.45, 2.75) is 45.2 Å². The minimum Gasteiger partial charge on any atom is -0.352 e. The molecule has 1 aliphatic rings. The van der Waals surface area contributed by atoms with Crippen LogP contribution in [-0.4, -0.2) is 16.8 Å². The van der Waals surface area contributed by atoms with Crippen LogP contribution in [0.25, 0.3) is 0 Å². The van der Waals surface area contributed by atoms with Crippen LogP contribution in [0, 0.1) is 11.7 Å². The van der Waals surface area contributed by atoms with Gasteiger partial charge in [0.15, 0.2) is 0 Å². The quantitative estimate of drug-likeness (QED) is 0.542. The van der Waals surface area contributed by atoms with Gasteiger partial charge >= 0.3 is 0 Å². The summed E-state index contributed by atoms with van der Waals surface area (Å²) in [6.45, 7) is 0.750. The van der Waals surface area contributed by atoms with Gasteiger partial charge in [0.05, 0.1) is 13.0 Å². The average molecular weight is 446 g/mol. The highest BCUT2D eigenvalue weighted by Crippen LogP contribution is 2.30. The van der Waals surface area contributed by atoms with E-state index in [1.165, 1.54) is 12.1 Å². The fourth-order valence-electron chi connectivity index (χ4n) is 4.25. The molecule has 33 heavy (non-hydrogen) atoms. The first-order chi connectivity index (χ1) is 16.1. The molecular formula is C27H28FN3O2. The van der Waals surface area contributed by atoms with E-state index in [-0.39, 0.29) is 30.0 Å². The molecule has 1 aliphatic carbocycles. The van der Waals surface area contributed by atoms with Gasteiger partial charge in [0.2, 0.25) is 11.8 Å². The predicted molar refractivity (Wildman–Crippen MR) is 126 cm³/mol. The third-order valence-corrected chi connectivity index (χ3v) is 6.03. The molecule has 2 aromatic carbocycles. The van der Waals surface area contributed by atoms with Gasteiger partial charge in [0, 0.05) is 30.5 Å². The molecular weight excluding hydrogens is 417 g/mol. The molecule has 3 aromatic rings. The van der Waals surface area contributed by atoms with E-state index in [2.05, 4.69) is 10.3 Å². The molecule has 1 saturated carbocycles. The molecule has 1 N–H and O–H groups in total. The summed E-state index contributed by atoms with van der Waals surface area (Å²) in [6.07, 6.45) is 7.60. The van der Waals surface area contributed by atoms with Crippen molar-refractivity contribution in [1.82, 2.24) is 10.3 Å². The van der Waals surface area contributed by atoms with Crippen LogP contribution in [-0.2, 0) is 29.1 Å². The van der Waals surface area contributed by atoms with E-state index in [1.54, 1.807) is 23.4 Å². The zero-order valence-corrected chi connectivity index (χ0v) is 18.5. The monoisotopic (exact) mass is 445 g/mol. The standard InChI is InChI=1S/C27H28FN3O2/c28-24-9-3-5-21(15-24)19-31(27(33)23-7-1-2-8-23)25-12-10-20(11-13-25)16-26(32)30-18-22-6-4-14-29-17-22/h3-6,9-15,17,23H,1-2,7-8,16,18-19H2,(H,30,32). The molecule has 0 atom stereocenters. The summed E-state index contributed by atoms with van der Waals surface area (Å²) in [5.41, 5.74) is 3.32. The number of benzene rings is 2. The smallest absolute Gasteiger partial charge is 0.230 e. The van der Waals surface area contributed by atoms with Crippen LogP contribution in [0.2, 0.25) is 0 Å². The second-order valence-electron chi connectivity index (χ2n) is 8.52. The van der Waals surface area contributed by atoms with E-state index < -0.39 is 0 Å². The van der Waals surface area contributed by atoms with Gasteiger partial charge in [0.1, 0.15) is 5.82 Å². The molecule has 0 aliphatic heterocycles. The third kappa shape index (κ3) is 6.25. The van der Waals surface area contributed by atoms with Crippen molar-refractivity contribution in [2.24, 2.45) is 5.92 Å². The van der Waals surface area contributed by atoms with E-state index in [4.69, 9.17) is 0 Å². The van der Waals surface area contributed by atoms with Gasteiger partial charge in [-0.05, 0) is 59.9 Å². The van der Waals surface area contributed by atoms with Crippen LogP contribution in [0.1, 0.15) is 42.4 Å². The Morgan fingerprint density at radius 1 is 0.970 bits per heavy atom. The van der Waals surface area contributed by atoms with E-state index in [9.17, 15) is 14.0 Å². The van der Waals surface area contributed by atoms with Crippen LogP contribution in [0.4, 0.5) is 10.1 Å². The Labute approximate surface area is 193 Å². The molecule has 2 amide bonds. The van der Waals surface area contributed by atoms with Crippen LogP contribution < -0.4 is 10.2 Å². The molecule has 6 heteroatoms. The number of carbonyl (C=O) groups is 2. The molecule has 0 bridgehead atoms. The maximum atomic E-state index is 13.7. The lowest BCUT2D eigenvalue weighted by atomic mass is 10.0. The molecule has 5 nitrogen and oxygen atoms in total. The van der Waals surface area contributed by atoms with Crippen molar-refractivity contribution in [3.8, 4) is 0 Å². The lowest BCUT2D eigenvalue weighted by Gasteiger charge is -2.26. The number of halogens is 1. The van der Waals surface area contributed by atoms with Gasteiger partial charge in [0.25, 0.3) is 0 Å². The van der Waals surface area contributed by atoms with Crippen molar-refractivity contribution >= 4 is 17.5 Å². The largest absolute Gasteiger partial charge is 0.352 e. The van der Waals surface area contributed by atoms with Crippen molar-refractivity contribution in [3.05, 3.63) is 95.6 Å². The first kappa shape index (κ1) is 22.6. The second-order valence-corrected chi connectivity index (χ2v) is 8.52. The summed E-state index contributed by atoms with van der Waals surface area (Å²) in [5, 5.41) is 2.90. The van der Waals surface area contributed by atoms with Gasteiger partial charge in [-0.15, -0.1) is 0 Å². The summed E-state index contributed by atoms with van der Waals surface area (Å²) in [7, 11) is 0. The number of hydrogen-bond acceptors (Lipinski definition) is 3. The zero-order valence-electron chi connectivity index (χ0n) is 18.5. The van der Waals surface area contributed by atoms with Crippen LogP contribution in [0.5, 0.6) is 0 Å². The minimum absolute atomic E-state index is 0.0106. The van der Waals surface area contributed by atoms with Gasteiger partial charge in [-0.2, -0.15) is 0 Å². The Hall–Kier alpha value is -3.54.